The first-order valence-corrected chi connectivity index (χ1v) is 13.4. The number of hydrogen-bond donors (Lipinski definition) is 3. The van der Waals surface area contributed by atoms with Gasteiger partial charge in [0.15, 0.2) is 5.78 Å². The molecule has 186 valence electrons. The molecule has 0 aliphatic heterocycles. The number of carbonyl (C=O) groups is 1. The molecule has 0 fully saturated rings. The fourth-order valence-corrected chi connectivity index (χ4v) is 4.99. The smallest absolute Gasteiger partial charge is 0.232 e. The van der Waals surface area contributed by atoms with Gasteiger partial charge in [0.25, 0.3) is 0 Å². The van der Waals surface area contributed by atoms with Gasteiger partial charge in [0.2, 0.25) is 10.0 Å². The van der Waals surface area contributed by atoms with E-state index in [1.165, 1.54) is 0 Å². The summed E-state index contributed by atoms with van der Waals surface area (Å²) in [4.78, 5) is 12.0. The van der Waals surface area contributed by atoms with Gasteiger partial charge in [0.1, 0.15) is 30.8 Å². The van der Waals surface area contributed by atoms with Crippen LogP contribution in [0.15, 0.2) is 42.5 Å². The second-order valence-corrected chi connectivity index (χ2v) is 10.2. The van der Waals surface area contributed by atoms with Crippen LogP contribution in [0.5, 0.6) is 11.5 Å². The number of carbonyl (C=O) groups excluding carboxylic acids is 1. The van der Waals surface area contributed by atoms with E-state index >= 15 is 0 Å². The predicted molar refractivity (Wildman–Crippen MR) is 132 cm³/mol. The highest BCUT2D eigenvalue weighted by Gasteiger charge is 2.20. The van der Waals surface area contributed by atoms with Crippen molar-refractivity contribution in [2.75, 3.05) is 36.8 Å². The molecule has 9 heteroatoms. The van der Waals surface area contributed by atoms with Crippen LogP contribution in [0.3, 0.4) is 0 Å². The number of aliphatic hydroxyl groups is 1. The van der Waals surface area contributed by atoms with Crippen molar-refractivity contribution in [2.45, 2.75) is 45.1 Å². The van der Waals surface area contributed by atoms with Gasteiger partial charge in [0.05, 0.1) is 5.75 Å². The SMILES string of the molecule is CCCCS(=O)(=O)Nc1ccc(OCCNCC(O)COc2cccc3c2CCCC3=O)cc1. The number of fused-ring (bicyclic) bond motifs is 1. The summed E-state index contributed by atoms with van der Waals surface area (Å²) in [6.45, 7) is 3.34. The van der Waals surface area contributed by atoms with Crippen LogP contribution in [0.1, 0.15) is 48.5 Å². The van der Waals surface area contributed by atoms with E-state index < -0.39 is 16.1 Å². The standard InChI is InChI=1S/C25H34N2O6S/c1-2-3-16-34(30,31)27-19-10-12-21(13-11-19)32-15-14-26-17-20(28)18-33-25-9-5-6-22-23(25)7-4-8-24(22)29/h5-6,9-13,20,26-28H,2-4,7-8,14-18H2,1H3. The first-order chi connectivity index (χ1) is 16.4. The number of unbranched alkanes of at least 4 members (excludes halogenated alkanes) is 1. The molecule has 2 aromatic rings. The number of rotatable bonds is 14. The molecule has 34 heavy (non-hydrogen) atoms. The summed E-state index contributed by atoms with van der Waals surface area (Å²) >= 11 is 0. The molecule has 0 saturated heterocycles. The van der Waals surface area contributed by atoms with E-state index in [0.29, 0.717) is 49.7 Å². The van der Waals surface area contributed by atoms with Crippen molar-refractivity contribution in [1.82, 2.24) is 5.32 Å². The molecular formula is C25H34N2O6S. The molecule has 0 aromatic heterocycles. The maximum atomic E-state index is 12.0. The van der Waals surface area contributed by atoms with Crippen LogP contribution in [0, 0.1) is 0 Å². The maximum Gasteiger partial charge on any atom is 0.232 e. The van der Waals surface area contributed by atoms with Crippen LogP contribution in [-0.2, 0) is 16.4 Å². The average molecular weight is 491 g/mol. The molecule has 2 aromatic carbocycles. The molecule has 0 radical (unpaired) electrons. The highest BCUT2D eigenvalue weighted by atomic mass is 32.2. The average Bonchev–Trinajstić information content (AvgIpc) is 2.82. The van der Waals surface area contributed by atoms with Crippen molar-refractivity contribution in [3.63, 3.8) is 0 Å². The number of Topliss-reactive ketones (excluding diaryl/α,β-unsaturated/α-hetero) is 1. The second-order valence-electron chi connectivity index (χ2n) is 8.38. The lowest BCUT2D eigenvalue weighted by Gasteiger charge is -2.20. The van der Waals surface area contributed by atoms with E-state index in [1.807, 2.05) is 25.1 Å². The van der Waals surface area contributed by atoms with Gasteiger partial charge in [-0.3, -0.25) is 9.52 Å². The van der Waals surface area contributed by atoms with Gasteiger partial charge in [-0.1, -0.05) is 25.5 Å². The minimum absolute atomic E-state index is 0.109. The van der Waals surface area contributed by atoms with Crippen LogP contribution >= 0.6 is 0 Å². The van der Waals surface area contributed by atoms with Crippen molar-refractivity contribution in [1.29, 1.82) is 0 Å². The fourth-order valence-electron chi connectivity index (χ4n) is 3.72. The number of ether oxygens (including phenoxy) is 2. The van der Waals surface area contributed by atoms with E-state index in [9.17, 15) is 18.3 Å². The zero-order chi connectivity index (χ0) is 24.4. The van der Waals surface area contributed by atoms with Gasteiger partial charge >= 0.3 is 0 Å². The normalized spacial score (nSPS) is 14.4. The van der Waals surface area contributed by atoms with Crippen molar-refractivity contribution in [3.8, 4) is 11.5 Å². The van der Waals surface area contributed by atoms with E-state index in [-0.39, 0.29) is 18.1 Å². The van der Waals surface area contributed by atoms with Crippen LogP contribution in [-0.4, -0.2) is 57.5 Å². The lowest BCUT2D eigenvalue weighted by atomic mass is 9.90. The zero-order valence-corrected chi connectivity index (χ0v) is 20.4. The van der Waals surface area contributed by atoms with E-state index in [1.54, 1.807) is 24.3 Å². The predicted octanol–water partition coefficient (Wildman–Crippen LogP) is 3.16. The fraction of sp³-hybridized carbons (Fsp3) is 0.480. The number of sulfonamides is 1. The number of aliphatic hydroxyl groups excluding tert-OH is 1. The summed E-state index contributed by atoms with van der Waals surface area (Å²) in [7, 11) is -3.32. The molecule has 0 amide bonds. The van der Waals surface area contributed by atoms with E-state index in [0.717, 1.165) is 30.4 Å². The quantitative estimate of drug-likeness (QED) is 0.349. The van der Waals surface area contributed by atoms with Gasteiger partial charge in [-0.15, -0.1) is 0 Å². The Kier molecular flexibility index (Phi) is 9.74. The maximum absolute atomic E-state index is 12.0. The van der Waals surface area contributed by atoms with Crippen LogP contribution in [0.2, 0.25) is 0 Å². The third-order valence-corrected chi connectivity index (χ3v) is 6.89. The molecule has 0 spiro atoms. The molecule has 1 aliphatic carbocycles. The number of nitrogens with one attached hydrogen (secondary N) is 2. The van der Waals surface area contributed by atoms with Crippen LogP contribution < -0.4 is 19.5 Å². The summed E-state index contributed by atoms with van der Waals surface area (Å²) in [5.74, 6) is 1.56. The van der Waals surface area contributed by atoms with Crippen molar-refractivity contribution >= 4 is 21.5 Å². The van der Waals surface area contributed by atoms with Gasteiger partial charge < -0.3 is 19.9 Å². The first-order valence-electron chi connectivity index (χ1n) is 11.8. The highest BCUT2D eigenvalue weighted by molar-refractivity contribution is 7.92. The largest absolute Gasteiger partial charge is 0.492 e. The first kappa shape index (κ1) is 26.0. The van der Waals surface area contributed by atoms with Crippen molar-refractivity contribution in [2.24, 2.45) is 0 Å². The molecule has 1 unspecified atom stereocenters. The summed E-state index contributed by atoms with van der Waals surface area (Å²) < 4.78 is 37.9. The highest BCUT2D eigenvalue weighted by Crippen LogP contribution is 2.29. The van der Waals surface area contributed by atoms with Gasteiger partial charge in [-0.2, -0.15) is 0 Å². The Hall–Kier alpha value is -2.62. The molecule has 0 bridgehead atoms. The third-order valence-electron chi connectivity index (χ3n) is 5.52. The number of benzene rings is 2. The zero-order valence-electron chi connectivity index (χ0n) is 19.6. The minimum Gasteiger partial charge on any atom is -0.492 e. The Morgan fingerprint density at radius 1 is 1.09 bits per heavy atom. The van der Waals surface area contributed by atoms with Crippen LogP contribution in [0.25, 0.3) is 0 Å². The molecular weight excluding hydrogens is 456 g/mol. The lowest BCUT2D eigenvalue weighted by Crippen LogP contribution is -2.33. The Labute approximate surface area is 201 Å². The molecule has 0 saturated carbocycles. The van der Waals surface area contributed by atoms with Crippen molar-refractivity contribution < 1.29 is 27.8 Å². The summed E-state index contributed by atoms with van der Waals surface area (Å²) in [6.07, 6.45) is 2.97. The van der Waals surface area contributed by atoms with Gasteiger partial charge in [-0.05, 0) is 49.6 Å². The lowest BCUT2D eigenvalue weighted by molar-refractivity contribution is 0.0965. The number of hydrogen-bond acceptors (Lipinski definition) is 7. The van der Waals surface area contributed by atoms with Gasteiger partial charge in [-0.25, -0.2) is 8.42 Å². The monoisotopic (exact) mass is 490 g/mol. The number of anilines is 1. The minimum atomic E-state index is -3.32. The molecule has 3 N–H and O–H groups in total. The summed E-state index contributed by atoms with van der Waals surface area (Å²) in [6, 6.07) is 12.3. The summed E-state index contributed by atoms with van der Waals surface area (Å²) in [5, 5.41) is 13.3. The Morgan fingerprint density at radius 2 is 1.88 bits per heavy atom. The van der Waals surface area contributed by atoms with E-state index in [4.69, 9.17) is 9.47 Å². The molecule has 8 nitrogen and oxygen atoms in total. The van der Waals surface area contributed by atoms with Crippen molar-refractivity contribution in [3.05, 3.63) is 53.6 Å². The van der Waals surface area contributed by atoms with E-state index in [2.05, 4.69) is 10.0 Å². The summed E-state index contributed by atoms with van der Waals surface area (Å²) in [5.41, 5.74) is 2.18. The molecule has 1 aliphatic rings. The third kappa shape index (κ3) is 8.00. The Balaban J connectivity index is 1.33. The second kappa shape index (κ2) is 12.7. The molecule has 1 atom stereocenters. The van der Waals surface area contributed by atoms with Gasteiger partial charge in [0, 0.05) is 36.3 Å². The topological polar surface area (TPSA) is 114 Å². The Bertz CT molecular complexity index is 1040. The number of ketones is 1. The molecule has 0 heterocycles. The molecule has 3 rings (SSSR count). The van der Waals surface area contributed by atoms with Crippen LogP contribution in [0.4, 0.5) is 5.69 Å². The Morgan fingerprint density at radius 3 is 2.65 bits per heavy atom.